The smallest absolute Gasteiger partial charge is 0.271 e. The lowest BCUT2D eigenvalue weighted by Gasteiger charge is -2.20. The summed E-state index contributed by atoms with van der Waals surface area (Å²) in [4.78, 5) is 33.6. The van der Waals surface area contributed by atoms with Crippen molar-refractivity contribution >= 4 is 41.1 Å². The van der Waals surface area contributed by atoms with Crippen molar-refractivity contribution in [1.29, 1.82) is 0 Å². The maximum Gasteiger partial charge on any atom is 0.271 e. The van der Waals surface area contributed by atoms with E-state index in [1.807, 2.05) is 20.8 Å². The predicted octanol–water partition coefficient (Wildman–Crippen LogP) is 3.79. The summed E-state index contributed by atoms with van der Waals surface area (Å²) >= 11 is 0. The number of nitrogens with one attached hydrogen (secondary N) is 3. The van der Waals surface area contributed by atoms with Crippen molar-refractivity contribution in [3.05, 3.63) is 68.3 Å². The largest absolute Gasteiger partial charge is 0.507 e. The number of hydrogen-bond donors (Lipinski definition) is 4. The van der Waals surface area contributed by atoms with Crippen LogP contribution in [0.25, 0.3) is 0 Å². The minimum absolute atomic E-state index is 0.0100. The minimum atomic E-state index is -0.591. The van der Waals surface area contributed by atoms with Crippen LogP contribution in [0.15, 0.2) is 47.6 Å². The molecule has 176 valence electrons. The lowest BCUT2D eigenvalue weighted by Crippen LogP contribution is -2.27. The first kappa shape index (κ1) is 23.8. The number of nitro benzene ring substituents is 2. The van der Waals surface area contributed by atoms with Gasteiger partial charge in [-0.1, -0.05) is 6.07 Å². The van der Waals surface area contributed by atoms with Gasteiger partial charge in [0.25, 0.3) is 11.4 Å². The fourth-order valence-electron chi connectivity index (χ4n) is 2.62. The lowest BCUT2D eigenvalue weighted by molar-refractivity contribution is -0.385. The van der Waals surface area contributed by atoms with Gasteiger partial charge in [0.1, 0.15) is 5.75 Å². The van der Waals surface area contributed by atoms with Gasteiger partial charge in [0.2, 0.25) is 17.8 Å². The van der Waals surface area contributed by atoms with Gasteiger partial charge in [-0.15, -0.1) is 0 Å². The second-order valence-electron chi connectivity index (χ2n) is 7.98. The number of anilines is 4. The van der Waals surface area contributed by atoms with Gasteiger partial charge < -0.3 is 15.7 Å². The number of benzene rings is 2. The molecule has 1 aromatic heterocycles. The average Bonchev–Trinajstić information content (AvgIpc) is 2.73. The zero-order valence-electron chi connectivity index (χ0n) is 18.4. The summed E-state index contributed by atoms with van der Waals surface area (Å²) in [6, 6.07) is 9.34. The topological polar surface area (TPSA) is 194 Å². The molecule has 0 radical (unpaired) electrons. The molecule has 0 aliphatic heterocycles. The van der Waals surface area contributed by atoms with Gasteiger partial charge in [0, 0.05) is 41.1 Å². The molecule has 0 saturated heterocycles. The molecule has 0 amide bonds. The standard InChI is InChI=1S/C20H21N9O5/c1-20(2,3)26-18-23-17(22-13-5-4-6-14(10-13)28(31)32)24-19(25-18)27-21-11-12-9-15(29(33)34)7-8-16(12)30/h4-11,30H,1-3H3,(H3,22,23,24,25,26,27)/b21-11+. The van der Waals surface area contributed by atoms with Crippen molar-refractivity contribution < 1.29 is 15.0 Å². The van der Waals surface area contributed by atoms with Crippen LogP contribution in [-0.2, 0) is 0 Å². The number of rotatable bonds is 8. The third-order valence-corrected chi connectivity index (χ3v) is 4.03. The van der Waals surface area contributed by atoms with Gasteiger partial charge >= 0.3 is 0 Å². The van der Waals surface area contributed by atoms with Crippen molar-refractivity contribution in [1.82, 2.24) is 15.0 Å². The third kappa shape index (κ3) is 6.56. The van der Waals surface area contributed by atoms with Gasteiger partial charge in [0.15, 0.2) is 0 Å². The summed E-state index contributed by atoms with van der Waals surface area (Å²) in [6.45, 7) is 5.71. The lowest BCUT2D eigenvalue weighted by atomic mass is 10.1. The van der Waals surface area contributed by atoms with Crippen LogP contribution in [0.4, 0.5) is 34.9 Å². The molecule has 14 heteroatoms. The van der Waals surface area contributed by atoms with Gasteiger partial charge in [-0.2, -0.15) is 20.1 Å². The van der Waals surface area contributed by atoms with Crippen molar-refractivity contribution in [2.24, 2.45) is 5.10 Å². The van der Waals surface area contributed by atoms with Crippen LogP contribution in [0.5, 0.6) is 5.75 Å². The zero-order chi connectivity index (χ0) is 24.9. The second kappa shape index (κ2) is 9.72. The molecule has 0 saturated carbocycles. The van der Waals surface area contributed by atoms with E-state index in [1.165, 1.54) is 36.5 Å². The highest BCUT2D eigenvalue weighted by Crippen LogP contribution is 2.23. The second-order valence-corrected chi connectivity index (χ2v) is 7.98. The molecular weight excluding hydrogens is 446 g/mol. The number of nitro groups is 2. The summed E-state index contributed by atoms with van der Waals surface area (Å²) < 4.78 is 0. The van der Waals surface area contributed by atoms with E-state index < -0.39 is 9.85 Å². The first-order valence-corrected chi connectivity index (χ1v) is 9.82. The van der Waals surface area contributed by atoms with Crippen LogP contribution < -0.4 is 16.1 Å². The molecule has 4 N–H and O–H groups in total. The molecule has 34 heavy (non-hydrogen) atoms. The number of phenols is 1. The van der Waals surface area contributed by atoms with E-state index in [2.05, 4.69) is 36.1 Å². The van der Waals surface area contributed by atoms with E-state index in [0.29, 0.717) is 5.69 Å². The highest BCUT2D eigenvalue weighted by molar-refractivity contribution is 5.84. The van der Waals surface area contributed by atoms with E-state index >= 15 is 0 Å². The quantitative estimate of drug-likeness (QED) is 0.214. The molecule has 0 bridgehead atoms. The molecule has 0 unspecified atom stereocenters. The Labute approximate surface area is 193 Å². The number of hydrogen-bond acceptors (Lipinski definition) is 12. The SMILES string of the molecule is CC(C)(C)Nc1nc(N/N=C/c2cc([N+](=O)[O-])ccc2O)nc(Nc2cccc([N+](=O)[O-])c2)n1. The van der Waals surface area contributed by atoms with E-state index in [1.54, 1.807) is 6.07 Å². The number of hydrazone groups is 1. The summed E-state index contributed by atoms with van der Waals surface area (Å²) in [5.74, 6) is 0.0928. The number of phenolic OH excluding ortho intramolecular Hbond substituents is 1. The van der Waals surface area contributed by atoms with Crippen LogP contribution >= 0.6 is 0 Å². The fraction of sp³-hybridized carbons (Fsp3) is 0.200. The molecule has 2 aromatic carbocycles. The molecule has 1 heterocycles. The Balaban J connectivity index is 1.88. The normalized spacial score (nSPS) is 11.3. The van der Waals surface area contributed by atoms with Crippen molar-refractivity contribution in [3.8, 4) is 5.75 Å². The van der Waals surface area contributed by atoms with Gasteiger partial charge in [-0.3, -0.25) is 20.2 Å². The Morgan fingerprint density at radius 1 is 0.941 bits per heavy atom. The third-order valence-electron chi connectivity index (χ3n) is 4.03. The molecular formula is C20H21N9O5. The highest BCUT2D eigenvalue weighted by atomic mass is 16.6. The number of aromatic nitrogens is 3. The van der Waals surface area contributed by atoms with E-state index in [4.69, 9.17) is 0 Å². The molecule has 0 fully saturated rings. The summed E-state index contributed by atoms with van der Waals surface area (Å²) in [5, 5.41) is 41.8. The van der Waals surface area contributed by atoms with E-state index in [-0.39, 0.29) is 46.1 Å². The van der Waals surface area contributed by atoms with Gasteiger partial charge in [0.05, 0.1) is 16.1 Å². The average molecular weight is 467 g/mol. The first-order chi connectivity index (χ1) is 16.0. The van der Waals surface area contributed by atoms with Crippen molar-refractivity contribution in [2.75, 3.05) is 16.1 Å². The fourth-order valence-corrected chi connectivity index (χ4v) is 2.62. The summed E-state index contributed by atoms with van der Waals surface area (Å²) in [6.07, 6.45) is 1.18. The van der Waals surface area contributed by atoms with Gasteiger partial charge in [-0.25, -0.2) is 5.43 Å². The number of aromatic hydroxyl groups is 1. The van der Waals surface area contributed by atoms with Crippen LogP contribution in [0, 0.1) is 20.2 Å². The van der Waals surface area contributed by atoms with E-state index in [9.17, 15) is 25.3 Å². The predicted molar refractivity (Wildman–Crippen MR) is 126 cm³/mol. The molecule has 0 spiro atoms. The number of non-ortho nitro benzene ring substituents is 2. The Hall–Kier alpha value is -4.88. The maximum absolute atomic E-state index is 11.0. The Morgan fingerprint density at radius 2 is 1.59 bits per heavy atom. The van der Waals surface area contributed by atoms with Crippen LogP contribution in [0.1, 0.15) is 26.3 Å². The first-order valence-electron chi connectivity index (χ1n) is 9.82. The van der Waals surface area contributed by atoms with Crippen LogP contribution in [0.2, 0.25) is 0 Å². The van der Waals surface area contributed by atoms with E-state index in [0.717, 1.165) is 6.07 Å². The molecule has 0 aliphatic carbocycles. The molecule has 14 nitrogen and oxygen atoms in total. The summed E-state index contributed by atoms with van der Waals surface area (Å²) in [7, 11) is 0. The highest BCUT2D eigenvalue weighted by Gasteiger charge is 2.15. The summed E-state index contributed by atoms with van der Waals surface area (Å²) in [5.41, 5.74) is 2.38. The maximum atomic E-state index is 11.0. The van der Waals surface area contributed by atoms with Crippen LogP contribution in [0.3, 0.4) is 0 Å². The van der Waals surface area contributed by atoms with Gasteiger partial charge in [-0.05, 0) is 32.9 Å². The molecule has 3 rings (SSSR count). The Morgan fingerprint density at radius 3 is 2.26 bits per heavy atom. The number of nitrogens with zero attached hydrogens (tertiary/aromatic N) is 6. The van der Waals surface area contributed by atoms with Crippen molar-refractivity contribution in [2.45, 2.75) is 26.3 Å². The molecule has 0 atom stereocenters. The Kier molecular flexibility index (Phi) is 6.80. The van der Waals surface area contributed by atoms with Crippen molar-refractivity contribution in [3.63, 3.8) is 0 Å². The monoisotopic (exact) mass is 467 g/mol. The molecule has 0 aliphatic rings. The Bertz CT molecular complexity index is 1260. The molecule has 3 aromatic rings. The van der Waals surface area contributed by atoms with Crippen LogP contribution in [-0.4, -0.2) is 41.7 Å². The minimum Gasteiger partial charge on any atom is -0.507 e. The zero-order valence-corrected chi connectivity index (χ0v) is 18.4.